The highest BCUT2D eigenvalue weighted by Gasteiger charge is 2.20. The quantitative estimate of drug-likeness (QED) is 0.866. The first kappa shape index (κ1) is 12.5. The molecule has 1 saturated carbocycles. The van der Waals surface area contributed by atoms with Crippen LogP contribution in [0.4, 0.5) is 5.69 Å². The third-order valence-electron chi connectivity index (χ3n) is 4.28. The van der Waals surface area contributed by atoms with Gasteiger partial charge in [0, 0.05) is 23.3 Å². The van der Waals surface area contributed by atoms with E-state index in [9.17, 15) is 0 Å². The summed E-state index contributed by atoms with van der Waals surface area (Å²) in [5.74, 6) is 0.942. The summed E-state index contributed by atoms with van der Waals surface area (Å²) in [7, 11) is 0. The number of pyridine rings is 1. The minimum atomic E-state index is 0.538. The van der Waals surface area contributed by atoms with Crippen LogP contribution in [0, 0.1) is 12.8 Å². The molecule has 100 valence electrons. The number of hydrogen-bond donors (Lipinski definition) is 1. The van der Waals surface area contributed by atoms with Crippen LogP contribution in [-0.2, 0) is 0 Å². The molecule has 2 nitrogen and oxygen atoms in total. The van der Waals surface area contributed by atoms with Crippen molar-refractivity contribution >= 4 is 16.6 Å². The Hall–Kier alpha value is -1.57. The smallest absolute Gasteiger partial charge is 0.0751 e. The molecule has 0 spiro atoms. The Bertz CT molecular complexity index is 572. The zero-order valence-corrected chi connectivity index (χ0v) is 11.8. The highest BCUT2D eigenvalue weighted by molar-refractivity contribution is 5.93. The van der Waals surface area contributed by atoms with E-state index in [0.29, 0.717) is 6.04 Å². The van der Waals surface area contributed by atoms with Crippen LogP contribution in [-0.4, -0.2) is 11.0 Å². The molecule has 1 heterocycles. The van der Waals surface area contributed by atoms with Crippen molar-refractivity contribution in [3.8, 4) is 0 Å². The van der Waals surface area contributed by atoms with Crippen LogP contribution in [0.15, 0.2) is 30.5 Å². The summed E-state index contributed by atoms with van der Waals surface area (Å²) in [5.41, 5.74) is 3.58. The molecule has 1 aliphatic carbocycles. The van der Waals surface area contributed by atoms with Gasteiger partial charge in [-0.2, -0.15) is 0 Å². The summed E-state index contributed by atoms with van der Waals surface area (Å²) in [6, 6.07) is 9.07. The topological polar surface area (TPSA) is 24.9 Å². The van der Waals surface area contributed by atoms with Crippen molar-refractivity contribution in [1.29, 1.82) is 0 Å². The van der Waals surface area contributed by atoms with Gasteiger partial charge >= 0.3 is 0 Å². The van der Waals surface area contributed by atoms with Crippen molar-refractivity contribution in [2.75, 3.05) is 5.32 Å². The fourth-order valence-electron chi connectivity index (χ4n) is 2.99. The zero-order valence-electron chi connectivity index (χ0n) is 11.8. The van der Waals surface area contributed by atoms with E-state index in [2.05, 4.69) is 42.3 Å². The van der Waals surface area contributed by atoms with Gasteiger partial charge < -0.3 is 5.32 Å². The number of nitrogens with one attached hydrogen (secondary N) is 1. The first-order chi connectivity index (χ1) is 9.24. The van der Waals surface area contributed by atoms with Crippen molar-refractivity contribution < 1.29 is 0 Å². The van der Waals surface area contributed by atoms with Crippen LogP contribution in [0.5, 0.6) is 0 Å². The average molecular weight is 254 g/mol. The molecule has 1 fully saturated rings. The maximum Gasteiger partial charge on any atom is 0.0751 e. The second kappa shape index (κ2) is 5.20. The predicted octanol–water partition coefficient (Wildman–Crippen LogP) is 4.53. The summed E-state index contributed by atoms with van der Waals surface area (Å²) in [5, 5.41) is 4.91. The summed E-state index contributed by atoms with van der Waals surface area (Å²) in [6.07, 6.45) is 7.42. The molecule has 1 aromatic carbocycles. The second-order valence-electron chi connectivity index (χ2n) is 5.91. The fraction of sp³-hybridized carbons (Fsp3) is 0.471. The first-order valence-electron chi connectivity index (χ1n) is 7.35. The van der Waals surface area contributed by atoms with Crippen LogP contribution in [0.2, 0.25) is 0 Å². The molecule has 0 bridgehead atoms. The van der Waals surface area contributed by atoms with Gasteiger partial charge in [0.2, 0.25) is 0 Å². The van der Waals surface area contributed by atoms with Crippen LogP contribution in [0.1, 0.15) is 38.2 Å². The molecule has 0 aliphatic heterocycles. The molecular formula is C17H22N2. The van der Waals surface area contributed by atoms with Gasteiger partial charge in [0.05, 0.1) is 5.52 Å². The Morgan fingerprint density at radius 3 is 2.89 bits per heavy atom. The lowest BCUT2D eigenvalue weighted by molar-refractivity contribution is 0.286. The first-order valence-corrected chi connectivity index (χ1v) is 7.35. The van der Waals surface area contributed by atoms with E-state index in [1.807, 2.05) is 12.3 Å². The highest BCUT2D eigenvalue weighted by atomic mass is 14.9. The number of aryl methyl sites for hydroxylation is 1. The lowest BCUT2D eigenvalue weighted by Crippen LogP contribution is -2.23. The summed E-state index contributed by atoms with van der Waals surface area (Å²) >= 11 is 0. The normalized spacial score (nSPS) is 17.2. The predicted molar refractivity (Wildman–Crippen MR) is 81.5 cm³/mol. The molecule has 2 heteroatoms. The number of anilines is 1. The van der Waals surface area contributed by atoms with E-state index < -0.39 is 0 Å². The number of rotatable bonds is 4. The van der Waals surface area contributed by atoms with Crippen LogP contribution in [0.25, 0.3) is 10.9 Å². The number of nitrogens with zero attached hydrogens (tertiary/aromatic N) is 1. The van der Waals surface area contributed by atoms with Crippen LogP contribution < -0.4 is 5.32 Å². The molecule has 0 radical (unpaired) electrons. The van der Waals surface area contributed by atoms with Crippen molar-refractivity contribution in [2.45, 2.75) is 45.6 Å². The molecule has 1 aliphatic rings. The molecule has 1 unspecified atom stereocenters. The number of hydrogen-bond acceptors (Lipinski definition) is 2. The van der Waals surface area contributed by atoms with E-state index in [-0.39, 0.29) is 0 Å². The Morgan fingerprint density at radius 2 is 2.16 bits per heavy atom. The van der Waals surface area contributed by atoms with Gasteiger partial charge in [-0.05, 0) is 49.9 Å². The average Bonchev–Trinajstić information content (AvgIpc) is 2.38. The molecule has 1 aromatic heterocycles. The minimum Gasteiger partial charge on any atom is -0.382 e. The van der Waals surface area contributed by atoms with Gasteiger partial charge in [-0.3, -0.25) is 4.98 Å². The lowest BCUT2D eigenvalue weighted by atomic mass is 9.81. The van der Waals surface area contributed by atoms with Crippen molar-refractivity contribution in [3.05, 3.63) is 36.0 Å². The van der Waals surface area contributed by atoms with Crippen molar-refractivity contribution in [1.82, 2.24) is 4.98 Å². The second-order valence-corrected chi connectivity index (χ2v) is 5.91. The van der Waals surface area contributed by atoms with E-state index in [1.165, 1.54) is 42.3 Å². The fourth-order valence-corrected chi connectivity index (χ4v) is 2.99. The van der Waals surface area contributed by atoms with E-state index in [0.717, 1.165) is 11.4 Å². The Labute approximate surface area is 115 Å². The van der Waals surface area contributed by atoms with E-state index >= 15 is 0 Å². The maximum absolute atomic E-state index is 4.50. The Kier molecular flexibility index (Phi) is 3.41. The van der Waals surface area contributed by atoms with Gasteiger partial charge in [-0.25, -0.2) is 0 Å². The number of fused-ring (bicyclic) bond motifs is 1. The Morgan fingerprint density at radius 1 is 1.32 bits per heavy atom. The van der Waals surface area contributed by atoms with E-state index in [4.69, 9.17) is 0 Å². The minimum absolute atomic E-state index is 0.538. The summed E-state index contributed by atoms with van der Waals surface area (Å²) in [6.45, 7) is 4.41. The molecule has 3 rings (SSSR count). The lowest BCUT2D eigenvalue weighted by Gasteiger charge is -2.29. The summed E-state index contributed by atoms with van der Waals surface area (Å²) in [4.78, 5) is 4.50. The largest absolute Gasteiger partial charge is 0.382 e. The molecule has 0 saturated heterocycles. The number of benzene rings is 1. The standard InChI is InChI=1S/C17H22N2/c1-12-8-9-16(15-7-4-10-18-17(12)15)19-13(2)11-14-5-3-6-14/h4,7-10,13-14,19H,3,5-6,11H2,1-2H3. The molecule has 1 N–H and O–H groups in total. The van der Waals surface area contributed by atoms with Gasteiger partial charge in [-0.15, -0.1) is 0 Å². The third-order valence-corrected chi connectivity index (χ3v) is 4.28. The van der Waals surface area contributed by atoms with Crippen LogP contribution in [0.3, 0.4) is 0 Å². The van der Waals surface area contributed by atoms with Crippen molar-refractivity contribution in [3.63, 3.8) is 0 Å². The molecular weight excluding hydrogens is 232 g/mol. The van der Waals surface area contributed by atoms with Gasteiger partial charge in [0.15, 0.2) is 0 Å². The molecule has 0 amide bonds. The highest BCUT2D eigenvalue weighted by Crippen LogP contribution is 2.32. The van der Waals surface area contributed by atoms with E-state index in [1.54, 1.807) is 0 Å². The number of aromatic nitrogens is 1. The van der Waals surface area contributed by atoms with Gasteiger partial charge in [0.25, 0.3) is 0 Å². The van der Waals surface area contributed by atoms with Crippen molar-refractivity contribution in [2.24, 2.45) is 5.92 Å². The van der Waals surface area contributed by atoms with Gasteiger partial charge in [-0.1, -0.05) is 25.3 Å². The molecule has 1 atom stereocenters. The van der Waals surface area contributed by atoms with Gasteiger partial charge in [0.1, 0.15) is 0 Å². The Balaban J connectivity index is 1.82. The SMILES string of the molecule is Cc1ccc(NC(C)CC2CCC2)c2cccnc12. The van der Waals surface area contributed by atoms with Crippen LogP contribution >= 0.6 is 0 Å². The third kappa shape index (κ3) is 2.58. The zero-order chi connectivity index (χ0) is 13.2. The summed E-state index contributed by atoms with van der Waals surface area (Å²) < 4.78 is 0. The molecule has 19 heavy (non-hydrogen) atoms. The monoisotopic (exact) mass is 254 g/mol. The maximum atomic E-state index is 4.50. The molecule has 2 aromatic rings.